The van der Waals surface area contributed by atoms with Crippen molar-refractivity contribution in [3.05, 3.63) is 29.3 Å². The molecule has 0 aliphatic rings. The quantitative estimate of drug-likeness (QED) is 0.696. The molecule has 0 heterocycles. The highest BCUT2D eigenvalue weighted by molar-refractivity contribution is 7.84. The Bertz CT molecular complexity index is 361. The van der Waals surface area contributed by atoms with Gasteiger partial charge >= 0.3 is 0 Å². The molecule has 0 aliphatic carbocycles. The molecule has 0 aliphatic heterocycles. The van der Waals surface area contributed by atoms with E-state index in [2.05, 4.69) is 32.9 Å². The first-order valence-electron chi connectivity index (χ1n) is 4.77. The van der Waals surface area contributed by atoms with Crippen LogP contribution in [0.25, 0.3) is 0 Å². The van der Waals surface area contributed by atoms with Crippen molar-refractivity contribution in [3.63, 3.8) is 0 Å². The van der Waals surface area contributed by atoms with Gasteiger partial charge in [-0.15, -0.1) is 0 Å². The zero-order valence-electron chi connectivity index (χ0n) is 9.55. The van der Waals surface area contributed by atoms with Crippen LogP contribution in [-0.4, -0.2) is 10.5 Å². The van der Waals surface area contributed by atoms with E-state index in [9.17, 15) is 4.21 Å². The Morgan fingerprint density at radius 3 is 2.14 bits per heavy atom. The van der Waals surface area contributed by atoms with Crippen molar-refractivity contribution < 1.29 is 4.21 Å². The van der Waals surface area contributed by atoms with Crippen LogP contribution in [0.2, 0.25) is 0 Å². The van der Waals surface area contributed by atoms with Gasteiger partial charge in [-0.25, -0.2) is 0 Å². The fourth-order valence-corrected chi connectivity index (χ4v) is 2.21. The average Bonchev–Trinajstić information content (AvgIpc) is 2.01. The van der Waals surface area contributed by atoms with Gasteiger partial charge in [-0.2, -0.15) is 0 Å². The lowest BCUT2D eigenvalue weighted by Crippen LogP contribution is -2.11. The van der Waals surface area contributed by atoms with Crippen molar-refractivity contribution in [2.45, 2.75) is 38.0 Å². The summed E-state index contributed by atoms with van der Waals surface area (Å²) in [4.78, 5) is 0.943. The highest BCUT2D eigenvalue weighted by atomic mass is 32.2. The lowest BCUT2D eigenvalue weighted by Gasteiger charge is -2.20. The highest BCUT2D eigenvalue weighted by Gasteiger charge is 2.14. The molecule has 0 aromatic heterocycles. The summed E-state index contributed by atoms with van der Waals surface area (Å²) >= 11 is 0. The molecule has 0 radical (unpaired) electrons. The average molecular weight is 210 g/mol. The zero-order valence-corrected chi connectivity index (χ0v) is 10.4. The molecule has 14 heavy (non-hydrogen) atoms. The number of hydrogen-bond donors (Lipinski definition) is 0. The minimum Gasteiger partial charge on any atom is -0.255 e. The molecule has 1 nitrogen and oxygen atoms in total. The van der Waals surface area contributed by atoms with Gasteiger partial charge < -0.3 is 0 Å². The fourth-order valence-electron chi connectivity index (χ4n) is 1.44. The molecular formula is C12H18OS. The first-order chi connectivity index (χ1) is 6.32. The number of aryl methyl sites for hydroxylation is 1. The van der Waals surface area contributed by atoms with Crippen molar-refractivity contribution in [1.82, 2.24) is 0 Å². The molecule has 0 bridgehead atoms. The van der Waals surface area contributed by atoms with Crippen LogP contribution in [-0.2, 0) is 16.2 Å². The Kier molecular flexibility index (Phi) is 3.15. The Balaban J connectivity index is 3.20. The summed E-state index contributed by atoms with van der Waals surface area (Å²) in [5.74, 6) is 0. The van der Waals surface area contributed by atoms with Gasteiger partial charge in [0.1, 0.15) is 0 Å². The second-order valence-electron chi connectivity index (χ2n) is 4.68. The van der Waals surface area contributed by atoms with Gasteiger partial charge in [0, 0.05) is 11.2 Å². The third-order valence-corrected chi connectivity index (χ3v) is 3.43. The molecule has 0 spiro atoms. The molecule has 2 heteroatoms. The van der Waals surface area contributed by atoms with Crippen LogP contribution in [0.3, 0.4) is 0 Å². The molecular weight excluding hydrogens is 192 g/mol. The van der Waals surface area contributed by atoms with Gasteiger partial charge in [-0.05, 0) is 29.5 Å². The molecule has 1 rings (SSSR count). The van der Waals surface area contributed by atoms with E-state index >= 15 is 0 Å². The minimum absolute atomic E-state index is 0.165. The molecule has 1 aromatic rings. The van der Waals surface area contributed by atoms with Crippen molar-refractivity contribution in [2.24, 2.45) is 0 Å². The molecule has 1 atom stereocenters. The standard InChI is InChI=1S/C12H18OS/c1-9-8-10(12(2,3)4)6-7-11(9)14(5)13/h6-8H,1-5H3. The molecule has 0 fully saturated rings. The molecule has 0 saturated heterocycles. The maximum atomic E-state index is 11.3. The van der Waals surface area contributed by atoms with E-state index in [1.807, 2.05) is 13.0 Å². The zero-order chi connectivity index (χ0) is 10.9. The van der Waals surface area contributed by atoms with E-state index in [0.717, 1.165) is 10.5 Å². The summed E-state index contributed by atoms with van der Waals surface area (Å²) in [5, 5.41) is 0. The first kappa shape index (κ1) is 11.4. The number of benzene rings is 1. The predicted octanol–water partition coefficient (Wildman–Crippen LogP) is 3.03. The van der Waals surface area contributed by atoms with E-state index in [-0.39, 0.29) is 5.41 Å². The van der Waals surface area contributed by atoms with E-state index < -0.39 is 10.8 Å². The van der Waals surface area contributed by atoms with Crippen LogP contribution < -0.4 is 0 Å². The molecule has 1 aromatic carbocycles. The van der Waals surface area contributed by atoms with Gasteiger partial charge in [0.05, 0.1) is 10.8 Å². The lowest BCUT2D eigenvalue weighted by molar-refractivity contribution is 0.589. The molecule has 0 amide bonds. The van der Waals surface area contributed by atoms with E-state index in [1.165, 1.54) is 5.56 Å². The van der Waals surface area contributed by atoms with Crippen LogP contribution in [0.1, 0.15) is 31.9 Å². The fraction of sp³-hybridized carbons (Fsp3) is 0.500. The molecule has 0 saturated carbocycles. The van der Waals surface area contributed by atoms with Gasteiger partial charge in [0.25, 0.3) is 0 Å². The molecule has 78 valence electrons. The highest BCUT2D eigenvalue weighted by Crippen LogP contribution is 2.25. The number of hydrogen-bond acceptors (Lipinski definition) is 1. The van der Waals surface area contributed by atoms with Crippen molar-refractivity contribution in [3.8, 4) is 0 Å². The Morgan fingerprint density at radius 1 is 1.21 bits per heavy atom. The third-order valence-electron chi connectivity index (χ3n) is 2.35. The first-order valence-corrected chi connectivity index (χ1v) is 6.33. The van der Waals surface area contributed by atoms with Crippen LogP contribution in [0.4, 0.5) is 0 Å². The summed E-state index contributed by atoms with van der Waals surface area (Å²) in [6, 6.07) is 6.19. The van der Waals surface area contributed by atoms with Crippen LogP contribution >= 0.6 is 0 Å². The van der Waals surface area contributed by atoms with Gasteiger partial charge in [-0.3, -0.25) is 4.21 Å². The smallest absolute Gasteiger partial charge is 0.0500 e. The Hall–Kier alpha value is -0.630. The summed E-state index contributed by atoms with van der Waals surface area (Å²) in [7, 11) is -0.876. The maximum absolute atomic E-state index is 11.3. The SMILES string of the molecule is Cc1cc(C(C)(C)C)ccc1S(C)=O. The van der Waals surface area contributed by atoms with Gasteiger partial charge in [0.15, 0.2) is 0 Å². The van der Waals surface area contributed by atoms with E-state index in [4.69, 9.17) is 0 Å². The summed E-state index contributed by atoms with van der Waals surface area (Å²) in [5.41, 5.74) is 2.58. The minimum atomic E-state index is -0.876. The Morgan fingerprint density at radius 2 is 1.79 bits per heavy atom. The van der Waals surface area contributed by atoms with Crippen LogP contribution in [0.5, 0.6) is 0 Å². The number of rotatable bonds is 1. The second kappa shape index (κ2) is 3.85. The summed E-state index contributed by atoms with van der Waals surface area (Å²) < 4.78 is 11.3. The molecule has 1 unspecified atom stereocenters. The maximum Gasteiger partial charge on any atom is 0.0500 e. The predicted molar refractivity (Wildman–Crippen MR) is 62.2 cm³/mol. The van der Waals surface area contributed by atoms with Crippen LogP contribution in [0.15, 0.2) is 23.1 Å². The van der Waals surface area contributed by atoms with Crippen molar-refractivity contribution in [2.75, 3.05) is 6.26 Å². The normalized spacial score (nSPS) is 14.1. The molecule has 0 N–H and O–H groups in total. The van der Waals surface area contributed by atoms with Crippen molar-refractivity contribution in [1.29, 1.82) is 0 Å². The van der Waals surface area contributed by atoms with Crippen molar-refractivity contribution >= 4 is 10.8 Å². The summed E-state index contributed by atoms with van der Waals surface area (Å²) in [6.07, 6.45) is 1.72. The summed E-state index contributed by atoms with van der Waals surface area (Å²) in [6.45, 7) is 8.57. The monoisotopic (exact) mass is 210 g/mol. The van der Waals surface area contributed by atoms with E-state index in [1.54, 1.807) is 6.26 Å². The van der Waals surface area contributed by atoms with Gasteiger partial charge in [-0.1, -0.05) is 32.9 Å². The van der Waals surface area contributed by atoms with Crippen LogP contribution in [0, 0.1) is 6.92 Å². The third kappa shape index (κ3) is 2.44. The van der Waals surface area contributed by atoms with E-state index in [0.29, 0.717) is 0 Å². The Labute approximate surface area is 89.0 Å². The second-order valence-corrected chi connectivity index (χ2v) is 6.03. The van der Waals surface area contributed by atoms with Gasteiger partial charge in [0.2, 0.25) is 0 Å². The topological polar surface area (TPSA) is 17.1 Å². The largest absolute Gasteiger partial charge is 0.255 e. The lowest BCUT2D eigenvalue weighted by atomic mass is 9.86.